The Labute approximate surface area is 90.1 Å². The van der Waals surface area contributed by atoms with Crippen molar-refractivity contribution in [3.05, 3.63) is 28.2 Å². The molecule has 0 aromatic carbocycles. The smallest absolute Gasteiger partial charge is 0.186 e. The molecule has 2 atom stereocenters. The summed E-state index contributed by atoms with van der Waals surface area (Å²) in [6.07, 6.45) is 7.26. The van der Waals surface area contributed by atoms with E-state index in [0.717, 1.165) is 5.92 Å². The fourth-order valence-electron chi connectivity index (χ4n) is 2.10. The lowest BCUT2D eigenvalue weighted by atomic mass is 9.91. The van der Waals surface area contributed by atoms with Gasteiger partial charge in [0.05, 0.1) is 4.88 Å². The fraction of sp³-hybridized carbons (Fsp3) is 0.583. The Morgan fingerprint density at radius 3 is 2.79 bits per heavy atom. The summed E-state index contributed by atoms with van der Waals surface area (Å²) in [4.78, 5) is 1.44. The second kappa shape index (κ2) is 3.85. The topological polar surface area (TPSA) is 3.88 Å². The number of hydrogen-bond acceptors (Lipinski definition) is 1. The van der Waals surface area contributed by atoms with Crippen molar-refractivity contribution in [3.63, 3.8) is 0 Å². The molecule has 0 saturated carbocycles. The van der Waals surface area contributed by atoms with Crippen LogP contribution in [0.1, 0.15) is 36.4 Å². The van der Waals surface area contributed by atoms with Gasteiger partial charge in [-0.25, -0.2) is 0 Å². The molecule has 1 aromatic rings. The van der Waals surface area contributed by atoms with E-state index in [4.69, 9.17) is 0 Å². The zero-order valence-corrected chi connectivity index (χ0v) is 9.97. The van der Waals surface area contributed by atoms with Crippen molar-refractivity contribution in [2.45, 2.75) is 39.7 Å². The number of allylic oxidation sites excluding steroid dienone is 2. The number of thiazole rings is 1. The van der Waals surface area contributed by atoms with E-state index >= 15 is 0 Å². The number of aromatic nitrogens is 1. The second-order valence-electron chi connectivity index (χ2n) is 4.25. The zero-order chi connectivity index (χ0) is 10.1. The van der Waals surface area contributed by atoms with Gasteiger partial charge in [0.1, 0.15) is 0 Å². The first-order valence-electron chi connectivity index (χ1n) is 5.32. The first-order valence-corrected chi connectivity index (χ1v) is 6.20. The van der Waals surface area contributed by atoms with Gasteiger partial charge < -0.3 is 0 Å². The van der Waals surface area contributed by atoms with E-state index in [-0.39, 0.29) is 0 Å². The van der Waals surface area contributed by atoms with E-state index in [0.29, 0.717) is 6.04 Å². The van der Waals surface area contributed by atoms with Gasteiger partial charge in [0.2, 0.25) is 5.51 Å². The van der Waals surface area contributed by atoms with Gasteiger partial charge in [0.25, 0.3) is 0 Å². The highest BCUT2D eigenvalue weighted by Gasteiger charge is 2.28. The molecule has 1 aromatic heterocycles. The van der Waals surface area contributed by atoms with Crippen LogP contribution in [0.25, 0.3) is 0 Å². The molecule has 1 heterocycles. The Balaban J connectivity index is 2.34. The van der Waals surface area contributed by atoms with Crippen molar-refractivity contribution < 1.29 is 4.57 Å². The van der Waals surface area contributed by atoms with Crippen molar-refractivity contribution in [1.82, 2.24) is 0 Å². The lowest BCUT2D eigenvalue weighted by Gasteiger charge is -2.19. The number of rotatable bonds is 1. The van der Waals surface area contributed by atoms with E-state index in [1.54, 1.807) is 0 Å². The maximum absolute atomic E-state index is 2.43. The molecule has 2 heteroatoms. The van der Waals surface area contributed by atoms with Crippen molar-refractivity contribution >= 4 is 11.3 Å². The first kappa shape index (κ1) is 9.91. The van der Waals surface area contributed by atoms with Gasteiger partial charge in [-0.3, -0.25) is 0 Å². The minimum Gasteiger partial charge on any atom is -0.186 e. The Bertz CT molecular complexity index is 351. The summed E-state index contributed by atoms with van der Waals surface area (Å²) >= 11 is 1.86. The van der Waals surface area contributed by atoms with Crippen LogP contribution >= 0.6 is 11.3 Å². The van der Waals surface area contributed by atoms with E-state index in [1.165, 1.54) is 23.4 Å². The lowest BCUT2D eigenvalue weighted by molar-refractivity contribution is -0.720. The third-order valence-electron chi connectivity index (χ3n) is 3.27. The summed E-state index contributed by atoms with van der Waals surface area (Å²) in [6, 6.07) is 0.591. The van der Waals surface area contributed by atoms with Crippen LogP contribution < -0.4 is 4.57 Å². The van der Waals surface area contributed by atoms with Crippen molar-refractivity contribution in [2.24, 2.45) is 5.92 Å². The molecule has 1 aliphatic rings. The highest BCUT2D eigenvalue weighted by atomic mass is 32.1. The number of nitrogens with zero attached hydrogens (tertiary/aromatic N) is 1. The van der Waals surface area contributed by atoms with Crippen LogP contribution in [-0.4, -0.2) is 0 Å². The Morgan fingerprint density at radius 2 is 2.21 bits per heavy atom. The molecule has 0 aliphatic heterocycles. The molecule has 1 unspecified atom stereocenters. The molecule has 0 radical (unpaired) electrons. The van der Waals surface area contributed by atoms with Gasteiger partial charge in [-0.2, -0.15) is 4.57 Å². The Morgan fingerprint density at radius 1 is 1.43 bits per heavy atom. The van der Waals surface area contributed by atoms with Crippen LogP contribution in [0.5, 0.6) is 0 Å². The summed E-state index contributed by atoms with van der Waals surface area (Å²) in [5, 5.41) is 0. The Hall–Kier alpha value is -0.630. The third-order valence-corrected chi connectivity index (χ3v) is 4.25. The van der Waals surface area contributed by atoms with Crippen LogP contribution in [0.2, 0.25) is 0 Å². The van der Waals surface area contributed by atoms with E-state index in [9.17, 15) is 0 Å². The van der Waals surface area contributed by atoms with Crippen molar-refractivity contribution in [1.29, 1.82) is 0 Å². The molecule has 76 valence electrons. The fourth-order valence-corrected chi connectivity index (χ4v) is 2.94. The van der Waals surface area contributed by atoms with Crippen LogP contribution in [0.15, 0.2) is 17.7 Å². The van der Waals surface area contributed by atoms with Crippen LogP contribution in [0, 0.1) is 19.8 Å². The monoisotopic (exact) mass is 208 g/mol. The minimum atomic E-state index is 0.591. The van der Waals surface area contributed by atoms with Crippen LogP contribution in [0.4, 0.5) is 0 Å². The zero-order valence-electron chi connectivity index (χ0n) is 9.16. The molecule has 1 nitrogen and oxygen atoms in total. The summed E-state index contributed by atoms with van der Waals surface area (Å²) in [5.74, 6) is 0.776. The van der Waals surface area contributed by atoms with E-state index in [2.05, 4.69) is 43.0 Å². The van der Waals surface area contributed by atoms with Crippen molar-refractivity contribution in [2.75, 3.05) is 0 Å². The van der Waals surface area contributed by atoms with Gasteiger partial charge in [-0.05, 0) is 25.8 Å². The van der Waals surface area contributed by atoms with E-state index in [1.807, 2.05) is 11.3 Å². The highest BCUT2D eigenvalue weighted by Crippen LogP contribution is 2.25. The van der Waals surface area contributed by atoms with Gasteiger partial charge in [-0.1, -0.05) is 24.3 Å². The average molecular weight is 208 g/mol. The lowest BCUT2D eigenvalue weighted by Crippen LogP contribution is -2.43. The molecule has 0 saturated heterocycles. The molecule has 0 spiro atoms. The van der Waals surface area contributed by atoms with Gasteiger partial charge in [0, 0.05) is 12.8 Å². The van der Waals surface area contributed by atoms with Gasteiger partial charge in [0.15, 0.2) is 11.7 Å². The third kappa shape index (κ3) is 1.63. The number of aryl methyl sites for hydroxylation is 1. The van der Waals surface area contributed by atoms with Gasteiger partial charge >= 0.3 is 0 Å². The summed E-state index contributed by atoms with van der Waals surface area (Å²) in [5.41, 5.74) is 3.69. The molecule has 0 bridgehead atoms. The second-order valence-corrected chi connectivity index (χ2v) is 5.30. The number of hydrogen-bond donors (Lipinski definition) is 0. The quantitative estimate of drug-likeness (QED) is 0.493. The molecule has 2 rings (SSSR count). The van der Waals surface area contributed by atoms with Crippen LogP contribution in [-0.2, 0) is 0 Å². The molecule has 0 N–H and O–H groups in total. The normalized spacial score (nSPS) is 26.8. The first-order chi connectivity index (χ1) is 6.70. The maximum Gasteiger partial charge on any atom is 0.225 e. The molecular weight excluding hydrogens is 190 g/mol. The van der Waals surface area contributed by atoms with Crippen molar-refractivity contribution in [3.8, 4) is 0 Å². The maximum atomic E-state index is 2.43. The minimum absolute atomic E-state index is 0.591. The molecule has 0 fully saturated rings. The van der Waals surface area contributed by atoms with Crippen LogP contribution in [0.3, 0.4) is 0 Å². The van der Waals surface area contributed by atoms with E-state index < -0.39 is 0 Å². The molecule has 1 aliphatic carbocycles. The predicted molar refractivity (Wildman–Crippen MR) is 60.6 cm³/mol. The van der Waals surface area contributed by atoms with Gasteiger partial charge in [-0.15, -0.1) is 0 Å². The molecule has 0 amide bonds. The largest absolute Gasteiger partial charge is 0.225 e. The summed E-state index contributed by atoms with van der Waals surface area (Å²) in [7, 11) is 0. The SMILES string of the molecule is Cc1sc[n+]([C@H]2C=CCCC2C)c1C. The molecule has 14 heavy (non-hydrogen) atoms. The molecular formula is C12H18NS+. The highest BCUT2D eigenvalue weighted by molar-refractivity contribution is 7.09. The standard InChI is InChI=1S/C12H18NS/c1-9-6-4-5-7-12(9)13-8-14-11(3)10(13)2/h5,7-9,12H,4,6H2,1-3H3/q+1/t9?,12-/m0/s1. The predicted octanol–water partition coefficient (Wildman–Crippen LogP) is 3.18. The summed E-state index contributed by atoms with van der Waals surface area (Å²) in [6.45, 7) is 6.78. The summed E-state index contributed by atoms with van der Waals surface area (Å²) < 4.78 is 2.43. The average Bonchev–Trinajstić information content (AvgIpc) is 2.49. The Kier molecular flexibility index (Phi) is 2.73.